The number of carbonyl (C=O) groups is 2. The molecule has 0 unspecified atom stereocenters. The van der Waals surface area contributed by atoms with Crippen molar-refractivity contribution < 1.29 is 9.59 Å². The van der Waals surface area contributed by atoms with Crippen molar-refractivity contribution in [2.75, 3.05) is 5.75 Å². The highest BCUT2D eigenvalue weighted by Crippen LogP contribution is 2.29. The van der Waals surface area contributed by atoms with Crippen LogP contribution in [0.3, 0.4) is 0 Å². The number of halogens is 1. The summed E-state index contributed by atoms with van der Waals surface area (Å²) in [6.45, 7) is 6.28. The number of hydrogen-bond acceptors (Lipinski definition) is 5. The van der Waals surface area contributed by atoms with Crippen molar-refractivity contribution in [1.82, 2.24) is 25.4 Å². The van der Waals surface area contributed by atoms with Crippen molar-refractivity contribution >= 4 is 35.3 Å². The monoisotopic (exact) mass is 435 g/mol. The lowest BCUT2D eigenvalue weighted by Gasteiger charge is -2.34. The molecule has 2 aromatic rings. The predicted octanol–water partition coefficient (Wildman–Crippen LogP) is 3.97. The fourth-order valence-corrected chi connectivity index (χ4v) is 4.42. The number of rotatable bonds is 5. The molecule has 0 aliphatic heterocycles. The number of carbonyl (C=O) groups excluding carboxylic acids is 2. The highest BCUT2D eigenvalue weighted by molar-refractivity contribution is 7.99. The maximum atomic E-state index is 12.2. The summed E-state index contributed by atoms with van der Waals surface area (Å²) >= 11 is 7.41. The van der Waals surface area contributed by atoms with Gasteiger partial charge in [-0.2, -0.15) is 0 Å². The molecule has 3 atom stereocenters. The van der Waals surface area contributed by atoms with Gasteiger partial charge in [0.25, 0.3) is 0 Å². The van der Waals surface area contributed by atoms with E-state index in [1.165, 1.54) is 18.2 Å². The summed E-state index contributed by atoms with van der Waals surface area (Å²) in [7, 11) is 0. The van der Waals surface area contributed by atoms with Crippen molar-refractivity contribution in [2.24, 2.45) is 11.8 Å². The summed E-state index contributed by atoms with van der Waals surface area (Å²) in [5.74, 6) is 0.656. The molecule has 1 saturated carbocycles. The third kappa shape index (κ3) is 5.51. The highest BCUT2D eigenvalue weighted by Gasteiger charge is 2.28. The van der Waals surface area contributed by atoms with E-state index in [9.17, 15) is 9.59 Å². The van der Waals surface area contributed by atoms with E-state index in [2.05, 4.69) is 34.7 Å². The average Bonchev–Trinajstić information content (AvgIpc) is 3.14. The maximum absolute atomic E-state index is 12.2. The molecule has 3 amide bonds. The van der Waals surface area contributed by atoms with Gasteiger partial charge in [-0.3, -0.25) is 14.7 Å². The summed E-state index contributed by atoms with van der Waals surface area (Å²) < 4.78 is 1.76. The molecule has 0 saturated heterocycles. The first-order valence-electron chi connectivity index (χ1n) is 9.75. The largest absolute Gasteiger partial charge is 0.335 e. The van der Waals surface area contributed by atoms with Crippen LogP contribution in [0.4, 0.5) is 4.79 Å². The van der Waals surface area contributed by atoms with Crippen molar-refractivity contribution in [3.05, 3.63) is 35.1 Å². The Kier molecular flexibility index (Phi) is 7.18. The lowest BCUT2D eigenvalue weighted by atomic mass is 9.78. The Labute approximate surface area is 180 Å². The van der Waals surface area contributed by atoms with E-state index in [1.807, 2.05) is 25.1 Å². The van der Waals surface area contributed by atoms with Crippen molar-refractivity contribution in [2.45, 2.75) is 51.2 Å². The summed E-state index contributed by atoms with van der Waals surface area (Å²) in [6.07, 6.45) is 4.80. The van der Waals surface area contributed by atoms with Crippen LogP contribution in [0.15, 0.2) is 29.7 Å². The van der Waals surface area contributed by atoms with Crippen molar-refractivity contribution in [1.29, 1.82) is 0 Å². The number of nitrogens with zero attached hydrogens (tertiary/aromatic N) is 3. The van der Waals surface area contributed by atoms with Gasteiger partial charge in [0, 0.05) is 11.1 Å². The Morgan fingerprint density at radius 3 is 2.86 bits per heavy atom. The zero-order valence-electron chi connectivity index (χ0n) is 16.8. The number of thioether (sulfide) groups is 1. The third-order valence-corrected chi connectivity index (χ3v) is 6.91. The van der Waals surface area contributed by atoms with Gasteiger partial charge in [-0.1, -0.05) is 56.1 Å². The van der Waals surface area contributed by atoms with E-state index in [-0.39, 0.29) is 17.7 Å². The smallest absolute Gasteiger partial charge is 0.321 e. The lowest BCUT2D eigenvalue weighted by molar-refractivity contribution is -0.117. The van der Waals surface area contributed by atoms with Gasteiger partial charge in [-0.05, 0) is 42.9 Å². The summed E-state index contributed by atoms with van der Waals surface area (Å²) in [4.78, 5) is 24.4. The molecule has 2 N–H and O–H groups in total. The summed E-state index contributed by atoms with van der Waals surface area (Å²) in [5, 5.41) is 14.5. The molecule has 1 aliphatic carbocycles. The first kappa shape index (κ1) is 21.6. The molecular formula is C20H26ClN5O2S. The van der Waals surface area contributed by atoms with Crippen LogP contribution >= 0.6 is 23.4 Å². The van der Waals surface area contributed by atoms with Crippen LogP contribution in [-0.4, -0.2) is 38.5 Å². The molecule has 0 spiro atoms. The number of benzene rings is 1. The van der Waals surface area contributed by atoms with Gasteiger partial charge in [0.15, 0.2) is 5.16 Å². The number of imide groups is 1. The summed E-state index contributed by atoms with van der Waals surface area (Å²) in [6, 6.07) is 5.32. The molecule has 1 heterocycles. The molecule has 1 aromatic carbocycles. The van der Waals surface area contributed by atoms with Crippen LogP contribution < -0.4 is 10.6 Å². The minimum Gasteiger partial charge on any atom is -0.335 e. The zero-order valence-corrected chi connectivity index (χ0v) is 18.4. The van der Waals surface area contributed by atoms with Gasteiger partial charge >= 0.3 is 6.03 Å². The molecule has 1 fully saturated rings. The third-order valence-electron chi connectivity index (χ3n) is 5.56. The number of nitrogens with one attached hydrogen (secondary N) is 2. The normalized spacial score (nSPS) is 21.6. The zero-order chi connectivity index (χ0) is 21.0. The SMILES string of the molecule is Cc1ccc(-n2cnnc2SCC(=O)NC(=O)N[C@@H]2CCC[C@@H](C)[C@@H]2C)cc1Cl. The Bertz CT molecular complexity index is 888. The Morgan fingerprint density at radius 1 is 1.31 bits per heavy atom. The molecule has 0 bridgehead atoms. The van der Waals surface area contributed by atoms with Crippen molar-refractivity contribution in [3.8, 4) is 5.69 Å². The maximum Gasteiger partial charge on any atom is 0.321 e. The number of aromatic nitrogens is 3. The van der Waals surface area contributed by atoms with Crippen LogP contribution in [0.1, 0.15) is 38.7 Å². The van der Waals surface area contributed by atoms with Crippen LogP contribution in [0.25, 0.3) is 5.69 Å². The minimum atomic E-state index is -0.437. The first-order valence-corrected chi connectivity index (χ1v) is 11.1. The van der Waals surface area contributed by atoms with Gasteiger partial charge in [-0.25, -0.2) is 4.79 Å². The molecular weight excluding hydrogens is 410 g/mol. The molecule has 156 valence electrons. The lowest BCUT2D eigenvalue weighted by Crippen LogP contribution is -2.49. The van der Waals surface area contributed by atoms with Crippen LogP contribution in [-0.2, 0) is 4.79 Å². The Hall–Kier alpha value is -2.06. The van der Waals surface area contributed by atoms with E-state index < -0.39 is 6.03 Å². The number of amides is 3. The van der Waals surface area contributed by atoms with E-state index in [1.54, 1.807) is 10.9 Å². The topological polar surface area (TPSA) is 88.9 Å². The van der Waals surface area contributed by atoms with Gasteiger partial charge < -0.3 is 5.32 Å². The quantitative estimate of drug-likeness (QED) is 0.693. The molecule has 3 rings (SSSR count). The highest BCUT2D eigenvalue weighted by atomic mass is 35.5. The molecule has 1 aromatic heterocycles. The second-order valence-corrected chi connectivity index (χ2v) is 8.95. The Balaban J connectivity index is 1.53. The Morgan fingerprint density at radius 2 is 2.10 bits per heavy atom. The summed E-state index contributed by atoms with van der Waals surface area (Å²) in [5.41, 5.74) is 1.79. The first-order chi connectivity index (χ1) is 13.8. The predicted molar refractivity (Wildman–Crippen MR) is 114 cm³/mol. The van der Waals surface area contributed by atoms with E-state index in [4.69, 9.17) is 11.6 Å². The number of hydrogen-bond donors (Lipinski definition) is 2. The van der Waals surface area contributed by atoms with Crippen molar-refractivity contribution in [3.63, 3.8) is 0 Å². The van der Waals surface area contributed by atoms with Crippen LogP contribution in [0.5, 0.6) is 0 Å². The second kappa shape index (κ2) is 9.63. The van der Waals surface area contributed by atoms with E-state index >= 15 is 0 Å². The van der Waals surface area contributed by atoms with E-state index in [0.717, 1.165) is 24.1 Å². The van der Waals surface area contributed by atoms with Gasteiger partial charge in [0.2, 0.25) is 5.91 Å². The van der Waals surface area contributed by atoms with Gasteiger partial charge in [0.1, 0.15) is 6.33 Å². The number of aryl methyl sites for hydroxylation is 1. The molecule has 1 aliphatic rings. The standard InChI is InChI=1S/C20H26ClN5O2S/c1-12-5-4-6-17(14(12)3)23-19(28)24-18(27)10-29-20-25-22-11-26(20)15-8-7-13(2)16(21)9-15/h7-9,11-12,14,17H,4-6,10H2,1-3H3,(H2,23,24,27,28)/t12-,14+,17-/m1/s1. The fourth-order valence-electron chi connectivity index (χ4n) is 3.51. The fraction of sp³-hybridized carbons (Fsp3) is 0.500. The van der Waals surface area contributed by atoms with Gasteiger partial charge in [-0.15, -0.1) is 10.2 Å². The average molecular weight is 436 g/mol. The van der Waals surface area contributed by atoms with Crippen LogP contribution in [0.2, 0.25) is 5.02 Å². The molecule has 0 radical (unpaired) electrons. The molecule has 7 nitrogen and oxygen atoms in total. The van der Waals surface area contributed by atoms with E-state index in [0.29, 0.717) is 22.0 Å². The second-order valence-electron chi connectivity index (χ2n) is 7.60. The molecule has 9 heteroatoms. The van der Waals surface area contributed by atoms with Gasteiger partial charge in [0.05, 0.1) is 11.4 Å². The minimum absolute atomic E-state index is 0.0579. The number of urea groups is 1. The molecule has 29 heavy (non-hydrogen) atoms. The van der Waals surface area contributed by atoms with Crippen LogP contribution in [0, 0.1) is 18.8 Å².